The van der Waals surface area contributed by atoms with Crippen LogP contribution in [0.5, 0.6) is 0 Å². The van der Waals surface area contributed by atoms with Gasteiger partial charge < -0.3 is 25.7 Å². The van der Waals surface area contributed by atoms with E-state index < -0.39 is 11.7 Å². The summed E-state index contributed by atoms with van der Waals surface area (Å²) < 4.78 is 16.0. The van der Waals surface area contributed by atoms with Crippen LogP contribution < -0.4 is 21.3 Å². The Bertz CT molecular complexity index is 1370. The van der Waals surface area contributed by atoms with Crippen molar-refractivity contribution in [3.05, 3.63) is 53.9 Å². The molecule has 0 bridgehead atoms. The summed E-state index contributed by atoms with van der Waals surface area (Å²) in [6, 6.07) is 5.52. The van der Waals surface area contributed by atoms with Crippen LogP contribution in [0.4, 0.5) is 21.7 Å². The van der Waals surface area contributed by atoms with Crippen molar-refractivity contribution in [3.8, 4) is 0 Å². The molecule has 5 rings (SSSR count). The number of nitrogens with two attached hydrogens (primary N) is 1. The molecule has 1 aromatic carbocycles. The maximum Gasteiger partial charge on any atom is 0.257 e. The fourth-order valence-corrected chi connectivity index (χ4v) is 4.55. The van der Waals surface area contributed by atoms with Gasteiger partial charge in [-0.3, -0.25) is 4.79 Å². The number of halogens is 1. The number of amides is 1. The van der Waals surface area contributed by atoms with E-state index >= 15 is 0 Å². The average molecular weight is 449 g/mol. The normalized spacial score (nSPS) is 18.7. The molecule has 1 saturated heterocycles. The number of piperazine rings is 1. The number of anilines is 3. The lowest BCUT2D eigenvalue weighted by Crippen LogP contribution is -2.54. The van der Waals surface area contributed by atoms with Gasteiger partial charge in [-0.25, -0.2) is 19.3 Å². The molecule has 0 radical (unpaired) electrons. The lowest BCUT2D eigenvalue weighted by molar-refractivity contribution is 0.102. The molecule has 4 N–H and O–H groups in total. The van der Waals surface area contributed by atoms with Gasteiger partial charge in [0.05, 0.1) is 22.5 Å². The first-order valence-electron chi connectivity index (χ1n) is 10.8. The van der Waals surface area contributed by atoms with E-state index in [1.807, 2.05) is 6.07 Å². The lowest BCUT2D eigenvalue weighted by atomic mass is 10.0. The molecule has 9 nitrogen and oxygen atoms in total. The van der Waals surface area contributed by atoms with Crippen molar-refractivity contribution in [1.82, 2.24) is 24.7 Å². The third-order valence-corrected chi connectivity index (χ3v) is 5.77. The number of pyridine rings is 1. The summed E-state index contributed by atoms with van der Waals surface area (Å²) in [6.07, 6.45) is 4.97. The summed E-state index contributed by atoms with van der Waals surface area (Å²) in [5.74, 6) is -0.853. The van der Waals surface area contributed by atoms with Gasteiger partial charge in [0.1, 0.15) is 0 Å². The van der Waals surface area contributed by atoms with Crippen molar-refractivity contribution < 1.29 is 9.18 Å². The first kappa shape index (κ1) is 21.1. The second-order valence-electron chi connectivity index (χ2n) is 8.64. The quantitative estimate of drug-likeness (QED) is 0.442. The van der Waals surface area contributed by atoms with Gasteiger partial charge in [0.15, 0.2) is 11.5 Å². The van der Waals surface area contributed by atoms with E-state index in [0.29, 0.717) is 34.5 Å². The van der Waals surface area contributed by atoms with Crippen molar-refractivity contribution in [2.75, 3.05) is 29.0 Å². The Morgan fingerprint density at radius 2 is 1.97 bits per heavy atom. The summed E-state index contributed by atoms with van der Waals surface area (Å²) in [5.41, 5.74) is 8.81. The molecule has 170 valence electrons. The highest BCUT2D eigenvalue weighted by Gasteiger charge is 2.24. The Hall–Kier alpha value is -3.79. The molecule has 0 saturated carbocycles. The van der Waals surface area contributed by atoms with Crippen LogP contribution in [-0.4, -0.2) is 50.4 Å². The molecule has 0 unspecified atom stereocenters. The van der Waals surface area contributed by atoms with Gasteiger partial charge >= 0.3 is 0 Å². The zero-order chi connectivity index (χ0) is 23.3. The molecule has 10 heteroatoms. The number of hydrogen-bond acceptors (Lipinski definition) is 7. The lowest BCUT2D eigenvalue weighted by Gasteiger charge is -2.38. The number of nitrogens with zero attached hydrogens (tertiary/aromatic N) is 5. The van der Waals surface area contributed by atoms with E-state index in [1.165, 1.54) is 6.07 Å². The Balaban J connectivity index is 1.53. The minimum Gasteiger partial charge on any atom is -0.368 e. The van der Waals surface area contributed by atoms with Crippen molar-refractivity contribution in [1.29, 1.82) is 0 Å². The zero-order valence-electron chi connectivity index (χ0n) is 18.6. The van der Waals surface area contributed by atoms with Crippen LogP contribution >= 0.6 is 0 Å². The van der Waals surface area contributed by atoms with Crippen molar-refractivity contribution in [3.63, 3.8) is 0 Å². The molecule has 0 aliphatic carbocycles. The summed E-state index contributed by atoms with van der Waals surface area (Å²) in [6.45, 7) is 7.69. The number of carbonyl (C=O) groups excluding carboxylic acids is 1. The van der Waals surface area contributed by atoms with Crippen LogP contribution in [0.2, 0.25) is 0 Å². The van der Waals surface area contributed by atoms with E-state index in [4.69, 9.17) is 5.73 Å². The number of imidazole rings is 1. The third kappa shape index (κ3) is 3.93. The number of aromatic nitrogens is 4. The second-order valence-corrected chi connectivity index (χ2v) is 8.64. The molecule has 33 heavy (non-hydrogen) atoms. The first-order chi connectivity index (χ1) is 15.8. The number of hydrogen-bond donors (Lipinski definition) is 3. The fraction of sp³-hybridized carbons (Fsp3) is 0.304. The molecule has 2 atom stereocenters. The molecule has 1 aliphatic rings. The molecule has 1 aliphatic heterocycles. The fourth-order valence-electron chi connectivity index (χ4n) is 4.55. The molecule has 4 aromatic rings. The molecular weight excluding hydrogens is 423 g/mol. The van der Waals surface area contributed by atoms with Crippen LogP contribution in [-0.2, 0) is 0 Å². The van der Waals surface area contributed by atoms with Crippen LogP contribution in [0, 0.1) is 12.7 Å². The van der Waals surface area contributed by atoms with Gasteiger partial charge in [-0.05, 0) is 32.9 Å². The SMILES string of the molecule is Cc1cn2cc(NC(=O)c3ccc(N4C[C@@H](C)N[C@H](C)C4)c4cnc(N)nc34)cc(F)c2n1. The summed E-state index contributed by atoms with van der Waals surface area (Å²) in [7, 11) is 0. The van der Waals surface area contributed by atoms with Gasteiger partial charge in [0.2, 0.25) is 5.95 Å². The maximum absolute atomic E-state index is 14.5. The molecule has 1 amide bonds. The highest BCUT2D eigenvalue weighted by Crippen LogP contribution is 2.30. The Labute approximate surface area is 189 Å². The molecule has 3 aromatic heterocycles. The van der Waals surface area contributed by atoms with Gasteiger partial charge in [-0.1, -0.05) is 0 Å². The third-order valence-electron chi connectivity index (χ3n) is 5.77. The minimum absolute atomic E-state index is 0.0806. The van der Waals surface area contributed by atoms with Crippen LogP contribution in [0.25, 0.3) is 16.6 Å². The van der Waals surface area contributed by atoms with Crippen molar-refractivity contribution >= 4 is 39.8 Å². The standard InChI is InChI=1S/C23H25FN8O/c1-12-8-31(9-13(2)27-12)19-5-4-16(20-17(19)7-26-23(25)30-20)22(33)29-15-6-18(24)21-28-14(3)10-32(21)11-15/h4-7,10-13,27H,8-9H2,1-3H3,(H,29,33)(H2,25,26,30)/t12-,13-/m1/s1. The monoisotopic (exact) mass is 448 g/mol. The number of nitrogens with one attached hydrogen (secondary N) is 2. The first-order valence-corrected chi connectivity index (χ1v) is 10.8. The number of aryl methyl sites for hydroxylation is 1. The molecule has 4 heterocycles. The number of carbonyl (C=O) groups is 1. The number of benzene rings is 1. The van der Waals surface area contributed by atoms with E-state index in [-0.39, 0.29) is 11.6 Å². The molecular formula is C23H25FN8O. The van der Waals surface area contributed by atoms with E-state index in [0.717, 1.165) is 24.2 Å². The van der Waals surface area contributed by atoms with Gasteiger partial charge in [-0.15, -0.1) is 0 Å². The van der Waals surface area contributed by atoms with Crippen LogP contribution in [0.15, 0.2) is 36.8 Å². The molecule has 0 spiro atoms. The predicted octanol–water partition coefficient (Wildman–Crippen LogP) is 2.75. The predicted molar refractivity (Wildman–Crippen MR) is 126 cm³/mol. The topological polar surface area (TPSA) is 113 Å². The summed E-state index contributed by atoms with van der Waals surface area (Å²) in [4.78, 5) is 28.1. The van der Waals surface area contributed by atoms with Gasteiger partial charge in [-0.2, -0.15) is 0 Å². The van der Waals surface area contributed by atoms with E-state index in [9.17, 15) is 9.18 Å². The van der Waals surface area contributed by atoms with Crippen LogP contribution in [0.3, 0.4) is 0 Å². The Kier molecular flexibility index (Phi) is 5.09. The van der Waals surface area contributed by atoms with Crippen molar-refractivity contribution in [2.45, 2.75) is 32.9 Å². The Morgan fingerprint density at radius 3 is 2.73 bits per heavy atom. The number of nitrogen functional groups attached to an aromatic ring is 1. The van der Waals surface area contributed by atoms with Crippen molar-refractivity contribution in [2.24, 2.45) is 0 Å². The largest absolute Gasteiger partial charge is 0.368 e. The smallest absolute Gasteiger partial charge is 0.257 e. The maximum atomic E-state index is 14.5. The average Bonchev–Trinajstić information content (AvgIpc) is 3.12. The van der Waals surface area contributed by atoms with Gasteiger partial charge in [0, 0.05) is 60.9 Å². The second kappa shape index (κ2) is 7.96. The Morgan fingerprint density at radius 1 is 1.21 bits per heavy atom. The molecule has 1 fully saturated rings. The number of fused-ring (bicyclic) bond motifs is 2. The van der Waals surface area contributed by atoms with E-state index in [1.54, 1.807) is 36.0 Å². The zero-order valence-corrected chi connectivity index (χ0v) is 18.6. The summed E-state index contributed by atoms with van der Waals surface area (Å²) in [5, 5.41) is 7.03. The highest BCUT2D eigenvalue weighted by atomic mass is 19.1. The minimum atomic E-state index is -0.519. The summed E-state index contributed by atoms with van der Waals surface area (Å²) >= 11 is 0. The van der Waals surface area contributed by atoms with Gasteiger partial charge in [0.25, 0.3) is 5.91 Å². The number of rotatable bonds is 3. The van der Waals surface area contributed by atoms with E-state index in [2.05, 4.69) is 44.3 Å². The highest BCUT2D eigenvalue weighted by molar-refractivity contribution is 6.14. The van der Waals surface area contributed by atoms with Crippen LogP contribution in [0.1, 0.15) is 29.9 Å².